The first kappa shape index (κ1) is 21.1. The second-order valence-corrected chi connectivity index (χ2v) is 7.88. The van der Waals surface area contributed by atoms with Gasteiger partial charge in [0, 0.05) is 37.9 Å². The quantitative estimate of drug-likeness (QED) is 0.465. The number of H-pyrrole nitrogens is 1. The van der Waals surface area contributed by atoms with E-state index in [1.54, 1.807) is 12.3 Å². The predicted octanol–water partition coefficient (Wildman–Crippen LogP) is 2.97. The summed E-state index contributed by atoms with van der Waals surface area (Å²) < 4.78 is 5.40. The van der Waals surface area contributed by atoms with Gasteiger partial charge in [0.1, 0.15) is 5.82 Å². The molecule has 3 heterocycles. The molecule has 1 aromatic carbocycles. The number of carbonyl (C=O) groups is 1. The molecule has 164 valence electrons. The van der Waals surface area contributed by atoms with Gasteiger partial charge in [-0.15, -0.1) is 0 Å². The van der Waals surface area contributed by atoms with Crippen molar-refractivity contribution in [1.82, 2.24) is 25.4 Å². The predicted molar refractivity (Wildman–Crippen MR) is 121 cm³/mol. The van der Waals surface area contributed by atoms with Crippen LogP contribution >= 0.6 is 0 Å². The van der Waals surface area contributed by atoms with Crippen LogP contribution in [0.5, 0.6) is 0 Å². The number of aromatic nitrogens is 3. The number of nitrogens with zero attached hydrogens (tertiary/aromatic N) is 3. The Labute approximate surface area is 181 Å². The summed E-state index contributed by atoms with van der Waals surface area (Å²) in [6.07, 6.45) is 1.72. The molecular formula is C22H29N7O2. The lowest BCUT2D eigenvalue weighted by Gasteiger charge is -2.29. The number of nitrogens with one attached hydrogen (secondary N) is 4. The third kappa shape index (κ3) is 5.50. The van der Waals surface area contributed by atoms with Crippen molar-refractivity contribution < 1.29 is 9.53 Å². The first-order valence-corrected chi connectivity index (χ1v) is 10.6. The lowest BCUT2D eigenvalue weighted by molar-refractivity contribution is 0.0368. The van der Waals surface area contributed by atoms with E-state index in [9.17, 15) is 4.79 Å². The van der Waals surface area contributed by atoms with Crippen LogP contribution in [0.1, 0.15) is 25.5 Å². The van der Waals surface area contributed by atoms with Crippen LogP contribution < -0.4 is 16.0 Å². The number of morpholine rings is 1. The van der Waals surface area contributed by atoms with E-state index in [4.69, 9.17) is 4.74 Å². The lowest BCUT2D eigenvalue weighted by atomic mass is 10.1. The number of fused-ring (bicyclic) bond motifs is 1. The number of hydrogen-bond acceptors (Lipinski definition) is 6. The van der Waals surface area contributed by atoms with Crippen molar-refractivity contribution in [3.63, 3.8) is 0 Å². The normalized spacial score (nSPS) is 16.6. The first-order chi connectivity index (χ1) is 15.1. The molecule has 9 heteroatoms. The monoisotopic (exact) mass is 423 g/mol. The minimum absolute atomic E-state index is 0.110. The molecular weight excluding hydrogens is 394 g/mol. The van der Waals surface area contributed by atoms with E-state index >= 15 is 0 Å². The van der Waals surface area contributed by atoms with Gasteiger partial charge in [0.15, 0.2) is 5.82 Å². The van der Waals surface area contributed by atoms with Gasteiger partial charge in [0.05, 0.1) is 30.2 Å². The second kappa shape index (κ2) is 9.76. The second-order valence-electron chi connectivity index (χ2n) is 7.88. The highest BCUT2D eigenvalue weighted by molar-refractivity contribution is 5.94. The average molecular weight is 424 g/mol. The van der Waals surface area contributed by atoms with Gasteiger partial charge in [-0.3, -0.25) is 15.3 Å². The number of anilines is 2. The standard InChI is InChI=1S/C22H29N7O2/c1-15(14-29-8-10-31-11-9-29)24-21-18-13-23-20(12-19(18)27-28-21)26-22(30)25-16(2)17-6-4-3-5-7-17/h3-7,12-13,15-16H,8-11,14H2,1-2H3,(H2,24,27,28)(H2,23,25,26,30). The maximum atomic E-state index is 12.4. The van der Waals surface area contributed by atoms with Crippen molar-refractivity contribution in [2.24, 2.45) is 0 Å². The average Bonchev–Trinajstić information content (AvgIpc) is 3.16. The summed E-state index contributed by atoms with van der Waals surface area (Å²) in [6, 6.07) is 11.4. The van der Waals surface area contributed by atoms with Gasteiger partial charge in [-0.05, 0) is 19.4 Å². The van der Waals surface area contributed by atoms with Gasteiger partial charge in [0.2, 0.25) is 0 Å². The van der Waals surface area contributed by atoms with Crippen molar-refractivity contribution in [3.05, 3.63) is 48.2 Å². The van der Waals surface area contributed by atoms with Gasteiger partial charge in [0.25, 0.3) is 0 Å². The van der Waals surface area contributed by atoms with E-state index < -0.39 is 0 Å². The Kier molecular flexibility index (Phi) is 6.63. The van der Waals surface area contributed by atoms with Crippen LogP contribution in [-0.4, -0.2) is 65.0 Å². The Morgan fingerprint density at radius 1 is 1.23 bits per heavy atom. The summed E-state index contributed by atoms with van der Waals surface area (Å²) in [4.78, 5) is 19.1. The molecule has 0 saturated carbocycles. The highest BCUT2D eigenvalue weighted by Crippen LogP contribution is 2.22. The molecule has 9 nitrogen and oxygen atoms in total. The maximum Gasteiger partial charge on any atom is 0.320 e. The topological polar surface area (TPSA) is 107 Å². The highest BCUT2D eigenvalue weighted by Gasteiger charge is 2.16. The third-order valence-electron chi connectivity index (χ3n) is 5.35. The zero-order chi connectivity index (χ0) is 21.6. The Balaban J connectivity index is 1.35. The summed E-state index contributed by atoms with van der Waals surface area (Å²) in [5.41, 5.74) is 1.85. The van der Waals surface area contributed by atoms with Crippen LogP contribution in [0.15, 0.2) is 42.6 Å². The summed E-state index contributed by atoms with van der Waals surface area (Å²) in [6.45, 7) is 8.48. The van der Waals surface area contributed by atoms with E-state index in [0.29, 0.717) is 5.82 Å². The summed E-state index contributed by atoms with van der Waals surface area (Å²) in [7, 11) is 0. The van der Waals surface area contributed by atoms with Crippen molar-refractivity contribution in [3.8, 4) is 0 Å². The number of urea groups is 1. The molecule has 2 aromatic heterocycles. The van der Waals surface area contributed by atoms with E-state index in [1.165, 1.54) is 0 Å². The molecule has 1 fully saturated rings. The lowest BCUT2D eigenvalue weighted by Crippen LogP contribution is -2.42. The molecule has 1 aliphatic rings. The molecule has 4 N–H and O–H groups in total. The molecule has 1 aliphatic heterocycles. The largest absolute Gasteiger partial charge is 0.379 e. The summed E-state index contributed by atoms with van der Waals surface area (Å²) in [5.74, 6) is 1.22. The third-order valence-corrected chi connectivity index (χ3v) is 5.35. The number of hydrogen-bond donors (Lipinski definition) is 4. The summed E-state index contributed by atoms with van der Waals surface area (Å²) >= 11 is 0. The molecule has 1 saturated heterocycles. The van der Waals surface area contributed by atoms with E-state index in [0.717, 1.165) is 55.1 Å². The minimum Gasteiger partial charge on any atom is -0.379 e. The van der Waals surface area contributed by atoms with Crippen LogP contribution in [0, 0.1) is 0 Å². The highest BCUT2D eigenvalue weighted by atomic mass is 16.5. The molecule has 3 aromatic rings. The van der Waals surface area contributed by atoms with Gasteiger partial charge in [-0.1, -0.05) is 30.3 Å². The first-order valence-electron chi connectivity index (χ1n) is 10.6. The van der Waals surface area contributed by atoms with Crippen LogP contribution in [0.2, 0.25) is 0 Å². The Bertz CT molecular complexity index is 1000. The van der Waals surface area contributed by atoms with E-state index in [2.05, 4.69) is 43.0 Å². The zero-order valence-electron chi connectivity index (χ0n) is 17.9. The number of amides is 2. The van der Waals surface area contributed by atoms with Crippen LogP contribution in [0.3, 0.4) is 0 Å². The van der Waals surface area contributed by atoms with Gasteiger partial charge in [-0.25, -0.2) is 9.78 Å². The minimum atomic E-state index is -0.305. The van der Waals surface area contributed by atoms with Crippen molar-refractivity contribution in [1.29, 1.82) is 0 Å². The van der Waals surface area contributed by atoms with Crippen LogP contribution in [0.4, 0.5) is 16.4 Å². The van der Waals surface area contributed by atoms with E-state index in [-0.39, 0.29) is 18.1 Å². The molecule has 2 unspecified atom stereocenters. The van der Waals surface area contributed by atoms with Crippen molar-refractivity contribution >= 4 is 28.6 Å². The number of benzene rings is 1. The van der Waals surface area contributed by atoms with E-state index in [1.807, 2.05) is 37.3 Å². The summed E-state index contributed by atoms with van der Waals surface area (Å²) in [5, 5.41) is 17.5. The van der Waals surface area contributed by atoms with Crippen LogP contribution in [-0.2, 0) is 4.74 Å². The molecule has 2 atom stereocenters. The fraction of sp³-hybridized carbons (Fsp3) is 0.409. The number of pyridine rings is 1. The van der Waals surface area contributed by atoms with Gasteiger partial charge >= 0.3 is 6.03 Å². The molecule has 0 aliphatic carbocycles. The number of aromatic amines is 1. The van der Waals surface area contributed by atoms with Crippen molar-refractivity contribution in [2.75, 3.05) is 43.5 Å². The molecule has 0 radical (unpaired) electrons. The van der Waals surface area contributed by atoms with Gasteiger partial charge < -0.3 is 15.4 Å². The number of carbonyl (C=O) groups excluding carboxylic acids is 1. The molecule has 2 amide bonds. The Morgan fingerprint density at radius 2 is 2.00 bits per heavy atom. The SMILES string of the molecule is CC(CN1CCOCC1)Nc1n[nH]c2cc(NC(=O)NC(C)c3ccccc3)ncc12. The fourth-order valence-electron chi connectivity index (χ4n) is 3.72. The molecule has 0 spiro atoms. The van der Waals surface area contributed by atoms with Crippen molar-refractivity contribution in [2.45, 2.75) is 25.9 Å². The smallest absolute Gasteiger partial charge is 0.320 e. The molecule has 0 bridgehead atoms. The van der Waals surface area contributed by atoms with Crippen LogP contribution in [0.25, 0.3) is 10.9 Å². The number of rotatable bonds is 7. The Hall–Kier alpha value is -3.17. The number of ether oxygens (including phenoxy) is 1. The molecule has 31 heavy (non-hydrogen) atoms. The molecule has 4 rings (SSSR count). The fourth-order valence-corrected chi connectivity index (χ4v) is 3.72. The Morgan fingerprint density at radius 3 is 2.77 bits per heavy atom. The maximum absolute atomic E-state index is 12.4. The van der Waals surface area contributed by atoms with Gasteiger partial charge in [-0.2, -0.15) is 5.10 Å². The zero-order valence-corrected chi connectivity index (χ0v) is 17.9.